The van der Waals surface area contributed by atoms with E-state index in [1.165, 1.54) is 18.1 Å². The highest BCUT2D eigenvalue weighted by Crippen LogP contribution is 2.34. The lowest BCUT2D eigenvalue weighted by atomic mass is 10.1. The summed E-state index contributed by atoms with van der Waals surface area (Å²) in [6.45, 7) is 0. The Labute approximate surface area is 186 Å². The first-order valence-electron chi connectivity index (χ1n) is 8.36. The van der Waals surface area contributed by atoms with Crippen LogP contribution in [0.5, 0.6) is 17.2 Å². The topological polar surface area (TPSA) is 77.1 Å². The normalized spacial score (nSPS) is 15.4. The molecule has 1 aliphatic heterocycles. The van der Waals surface area contributed by atoms with Gasteiger partial charge in [-0.25, -0.2) is 0 Å². The fourth-order valence-corrected chi connectivity index (χ4v) is 3.94. The number of nitrogens with zero attached hydrogens (tertiary/aromatic N) is 1. The molecule has 1 aliphatic rings. The Kier molecular flexibility index (Phi) is 6.38. The van der Waals surface area contributed by atoms with Crippen LogP contribution < -0.4 is 24.4 Å². The number of thiocarbonyl (C=S) groups is 1. The number of amides is 2. The molecule has 2 aromatic rings. The molecule has 29 heavy (non-hydrogen) atoms. The lowest BCUT2D eigenvalue weighted by molar-refractivity contribution is -0.122. The number of anilines is 1. The van der Waals surface area contributed by atoms with Crippen molar-refractivity contribution in [1.29, 1.82) is 0 Å². The van der Waals surface area contributed by atoms with Gasteiger partial charge in [-0.2, -0.15) is 0 Å². The zero-order valence-electron chi connectivity index (χ0n) is 15.8. The van der Waals surface area contributed by atoms with Crippen LogP contribution in [0.15, 0.2) is 42.0 Å². The molecule has 1 saturated heterocycles. The van der Waals surface area contributed by atoms with Crippen molar-refractivity contribution in [3.8, 4) is 17.2 Å². The van der Waals surface area contributed by atoms with Crippen LogP contribution in [-0.4, -0.2) is 38.3 Å². The summed E-state index contributed by atoms with van der Waals surface area (Å²) in [7, 11) is 4.62. The maximum absolute atomic E-state index is 13.1. The number of benzene rings is 2. The molecule has 0 spiro atoms. The van der Waals surface area contributed by atoms with Gasteiger partial charge < -0.3 is 14.2 Å². The molecule has 9 heteroatoms. The Morgan fingerprint density at radius 3 is 2.31 bits per heavy atom. The van der Waals surface area contributed by atoms with Gasteiger partial charge in [0.05, 0.1) is 30.6 Å². The van der Waals surface area contributed by atoms with E-state index < -0.39 is 11.8 Å². The van der Waals surface area contributed by atoms with Crippen LogP contribution in [0.3, 0.4) is 0 Å². The van der Waals surface area contributed by atoms with Crippen molar-refractivity contribution < 1.29 is 23.8 Å². The van der Waals surface area contributed by atoms with Gasteiger partial charge in [0.25, 0.3) is 11.8 Å². The minimum absolute atomic E-state index is 0.0178. The van der Waals surface area contributed by atoms with Gasteiger partial charge in [0, 0.05) is 0 Å². The summed E-state index contributed by atoms with van der Waals surface area (Å²) in [5.41, 5.74) is 1.10. The molecular weight excluding hydrogens is 507 g/mol. The van der Waals surface area contributed by atoms with Crippen LogP contribution in [0.4, 0.5) is 5.69 Å². The van der Waals surface area contributed by atoms with E-state index in [0.717, 1.165) is 3.57 Å². The van der Waals surface area contributed by atoms with Gasteiger partial charge in [0.1, 0.15) is 11.3 Å². The molecule has 1 N–H and O–H groups in total. The average Bonchev–Trinajstić information content (AvgIpc) is 2.71. The first-order valence-corrected chi connectivity index (χ1v) is 9.85. The number of halogens is 1. The van der Waals surface area contributed by atoms with Crippen molar-refractivity contribution in [2.75, 3.05) is 26.2 Å². The van der Waals surface area contributed by atoms with Crippen LogP contribution in [0, 0.1) is 3.57 Å². The summed E-state index contributed by atoms with van der Waals surface area (Å²) >= 11 is 7.31. The molecule has 0 bridgehead atoms. The lowest BCUT2D eigenvalue weighted by Crippen LogP contribution is -2.54. The maximum Gasteiger partial charge on any atom is 0.270 e. The molecule has 2 amide bonds. The van der Waals surface area contributed by atoms with Gasteiger partial charge in [-0.15, -0.1) is 0 Å². The number of methoxy groups -OCH3 is 3. The Bertz CT molecular complexity index is 1020. The predicted molar refractivity (Wildman–Crippen MR) is 121 cm³/mol. The van der Waals surface area contributed by atoms with Crippen LogP contribution in [0.25, 0.3) is 6.08 Å². The van der Waals surface area contributed by atoms with E-state index in [0.29, 0.717) is 28.5 Å². The van der Waals surface area contributed by atoms with Crippen LogP contribution in [-0.2, 0) is 9.59 Å². The summed E-state index contributed by atoms with van der Waals surface area (Å²) in [4.78, 5) is 26.8. The third-order valence-electron chi connectivity index (χ3n) is 4.20. The number of hydrogen-bond donors (Lipinski definition) is 1. The molecule has 0 aliphatic carbocycles. The summed E-state index contributed by atoms with van der Waals surface area (Å²) in [6.07, 6.45) is 1.50. The van der Waals surface area contributed by atoms with Gasteiger partial charge in [0.2, 0.25) is 0 Å². The third-order valence-corrected chi connectivity index (χ3v) is 5.29. The quantitative estimate of drug-likeness (QED) is 0.281. The van der Waals surface area contributed by atoms with E-state index >= 15 is 0 Å². The van der Waals surface area contributed by atoms with Gasteiger partial charge in [0.15, 0.2) is 16.6 Å². The van der Waals surface area contributed by atoms with Crippen LogP contribution in [0.1, 0.15) is 5.56 Å². The van der Waals surface area contributed by atoms with Crippen molar-refractivity contribution in [3.05, 3.63) is 51.1 Å². The van der Waals surface area contributed by atoms with Gasteiger partial charge in [-0.1, -0.05) is 0 Å². The van der Waals surface area contributed by atoms with E-state index in [1.807, 2.05) is 0 Å². The zero-order chi connectivity index (χ0) is 21.1. The monoisotopic (exact) mass is 524 g/mol. The molecule has 0 aromatic heterocycles. The Hall–Kier alpha value is -2.66. The van der Waals surface area contributed by atoms with E-state index in [-0.39, 0.29) is 10.7 Å². The van der Waals surface area contributed by atoms with Crippen molar-refractivity contribution in [2.45, 2.75) is 0 Å². The number of carbonyl (C=O) groups is 2. The van der Waals surface area contributed by atoms with Gasteiger partial charge in [-0.3, -0.25) is 19.8 Å². The molecule has 7 nitrogen and oxygen atoms in total. The minimum atomic E-state index is -0.561. The highest BCUT2D eigenvalue weighted by Gasteiger charge is 2.34. The predicted octanol–water partition coefficient (Wildman–Crippen LogP) is 3.15. The van der Waals surface area contributed by atoms with Crippen molar-refractivity contribution in [3.63, 3.8) is 0 Å². The molecular formula is C20H17IN2O5S. The molecule has 0 atom stereocenters. The summed E-state index contributed by atoms with van der Waals surface area (Å²) in [6, 6.07) is 10.3. The van der Waals surface area contributed by atoms with Crippen molar-refractivity contribution >= 4 is 63.5 Å². The van der Waals surface area contributed by atoms with E-state index in [2.05, 4.69) is 27.9 Å². The Balaban J connectivity index is 2.02. The van der Waals surface area contributed by atoms with E-state index in [1.54, 1.807) is 50.6 Å². The van der Waals surface area contributed by atoms with Crippen LogP contribution >= 0.6 is 34.8 Å². The standard InChI is InChI=1S/C20H17IN2O5S/c1-26-13-6-4-12(5-7-13)23-19(25)14(18(24)22-20(23)29)8-11-9-15(21)17(28-3)16(10-11)27-2/h4-10H,1-3H3,(H,22,24,29)/b14-8-. The fraction of sp³-hybridized carbons (Fsp3) is 0.150. The molecule has 150 valence electrons. The number of carbonyl (C=O) groups excluding carboxylic acids is 2. The largest absolute Gasteiger partial charge is 0.497 e. The summed E-state index contributed by atoms with van der Waals surface area (Å²) in [5, 5.41) is 2.58. The second-order valence-electron chi connectivity index (χ2n) is 5.89. The van der Waals surface area contributed by atoms with Crippen molar-refractivity contribution in [2.24, 2.45) is 0 Å². The molecule has 0 saturated carbocycles. The third kappa shape index (κ3) is 4.20. The average molecular weight is 524 g/mol. The number of ether oxygens (including phenoxy) is 3. The van der Waals surface area contributed by atoms with Gasteiger partial charge >= 0.3 is 0 Å². The van der Waals surface area contributed by atoms with Crippen molar-refractivity contribution in [1.82, 2.24) is 5.32 Å². The number of nitrogens with one attached hydrogen (secondary N) is 1. The van der Waals surface area contributed by atoms with E-state index in [4.69, 9.17) is 26.4 Å². The molecule has 0 radical (unpaired) electrons. The van der Waals surface area contributed by atoms with Crippen LogP contribution in [0.2, 0.25) is 0 Å². The molecule has 1 heterocycles. The SMILES string of the molecule is COc1ccc(N2C(=O)/C(=C\c3cc(I)c(OC)c(OC)c3)C(=O)NC2=S)cc1. The smallest absolute Gasteiger partial charge is 0.270 e. The molecule has 0 unspecified atom stereocenters. The molecule has 3 rings (SSSR count). The maximum atomic E-state index is 13.1. The lowest BCUT2D eigenvalue weighted by Gasteiger charge is -2.29. The number of hydrogen-bond acceptors (Lipinski definition) is 6. The first-order chi connectivity index (χ1) is 13.9. The van der Waals surface area contributed by atoms with Gasteiger partial charge in [-0.05, 0) is 82.8 Å². The minimum Gasteiger partial charge on any atom is -0.497 e. The first kappa shape index (κ1) is 21.1. The Morgan fingerprint density at radius 2 is 1.72 bits per heavy atom. The molecule has 2 aromatic carbocycles. The summed E-state index contributed by atoms with van der Waals surface area (Å²) < 4.78 is 16.6. The highest BCUT2D eigenvalue weighted by atomic mass is 127. The summed E-state index contributed by atoms with van der Waals surface area (Å²) in [5.74, 6) is 0.639. The fourth-order valence-electron chi connectivity index (χ4n) is 2.81. The highest BCUT2D eigenvalue weighted by molar-refractivity contribution is 14.1. The zero-order valence-corrected chi connectivity index (χ0v) is 18.8. The second-order valence-corrected chi connectivity index (χ2v) is 7.44. The second kappa shape index (κ2) is 8.78. The molecule has 1 fully saturated rings. The van der Waals surface area contributed by atoms with E-state index in [9.17, 15) is 9.59 Å². The number of rotatable bonds is 5. The Morgan fingerprint density at radius 1 is 1.03 bits per heavy atom.